The van der Waals surface area contributed by atoms with Crippen LogP contribution in [0.1, 0.15) is 16.1 Å². The van der Waals surface area contributed by atoms with E-state index in [4.69, 9.17) is 27.6 Å². The van der Waals surface area contributed by atoms with Crippen LogP contribution >= 0.6 is 23.2 Å². The molecule has 0 bridgehead atoms. The Morgan fingerprint density at radius 1 is 1.04 bits per heavy atom. The van der Waals surface area contributed by atoms with E-state index >= 15 is 0 Å². The van der Waals surface area contributed by atoms with Gasteiger partial charge in [-0.3, -0.25) is 14.9 Å². The molecule has 0 atom stereocenters. The number of rotatable bonds is 5. The number of non-ortho nitro benzene ring substituents is 1. The summed E-state index contributed by atoms with van der Waals surface area (Å²) in [4.78, 5) is 22.4. The summed E-state index contributed by atoms with van der Waals surface area (Å²) in [6.45, 7) is 0. The van der Waals surface area contributed by atoms with Gasteiger partial charge in [-0.2, -0.15) is 0 Å². The quantitative estimate of drug-likeness (QED) is 0.231. The largest absolute Gasteiger partial charge is 0.457 e. The molecule has 0 aliphatic carbocycles. The first-order valence-electron chi connectivity index (χ1n) is 7.46. The normalized spacial score (nSPS) is 11.0. The highest BCUT2D eigenvalue weighted by Gasteiger charge is 2.10. The molecule has 0 radical (unpaired) electrons. The van der Waals surface area contributed by atoms with Gasteiger partial charge in [0.15, 0.2) is 5.78 Å². The lowest BCUT2D eigenvalue weighted by atomic mass is 10.1. The summed E-state index contributed by atoms with van der Waals surface area (Å²) < 4.78 is 5.66. The number of carbonyl (C=O) groups excluding carboxylic acids is 1. The predicted molar refractivity (Wildman–Crippen MR) is 101 cm³/mol. The highest BCUT2D eigenvalue weighted by atomic mass is 35.5. The monoisotopic (exact) mass is 387 g/mol. The van der Waals surface area contributed by atoms with Crippen LogP contribution in [0.3, 0.4) is 0 Å². The van der Waals surface area contributed by atoms with Crippen molar-refractivity contribution in [3.63, 3.8) is 0 Å². The van der Waals surface area contributed by atoms with E-state index < -0.39 is 4.92 Å². The molecule has 0 saturated carbocycles. The van der Waals surface area contributed by atoms with E-state index in [2.05, 4.69) is 0 Å². The smallest absolute Gasteiger partial charge is 0.270 e. The summed E-state index contributed by atoms with van der Waals surface area (Å²) in [6, 6.07) is 14.1. The van der Waals surface area contributed by atoms with Gasteiger partial charge in [-0.15, -0.1) is 0 Å². The minimum Gasteiger partial charge on any atom is -0.457 e. The SMILES string of the molecule is O=C(/C=C/c1ccc(-c2ccc(Cl)c(Cl)c2)o1)c1cccc([N+](=O)[O-])c1. The van der Waals surface area contributed by atoms with E-state index in [0.29, 0.717) is 21.6 Å². The van der Waals surface area contributed by atoms with E-state index in [9.17, 15) is 14.9 Å². The van der Waals surface area contributed by atoms with Crippen molar-refractivity contribution >= 4 is 40.7 Å². The Bertz CT molecular complexity index is 1020. The van der Waals surface area contributed by atoms with Crippen LogP contribution < -0.4 is 0 Å². The van der Waals surface area contributed by atoms with Crippen molar-refractivity contribution in [1.82, 2.24) is 0 Å². The van der Waals surface area contributed by atoms with Crippen LogP contribution in [0.5, 0.6) is 0 Å². The molecule has 3 rings (SSSR count). The summed E-state index contributed by atoms with van der Waals surface area (Å²) in [5.74, 6) is 0.678. The zero-order chi connectivity index (χ0) is 18.7. The molecule has 7 heteroatoms. The van der Waals surface area contributed by atoms with E-state index in [0.717, 1.165) is 5.56 Å². The van der Waals surface area contributed by atoms with Crippen molar-refractivity contribution in [2.24, 2.45) is 0 Å². The zero-order valence-electron chi connectivity index (χ0n) is 13.2. The van der Waals surface area contributed by atoms with Crippen LogP contribution in [0, 0.1) is 10.1 Å². The van der Waals surface area contributed by atoms with Gasteiger partial charge in [0.1, 0.15) is 11.5 Å². The molecular formula is C19H11Cl2NO4. The lowest BCUT2D eigenvalue weighted by Gasteiger charge is -1.99. The van der Waals surface area contributed by atoms with Crippen LogP contribution in [-0.4, -0.2) is 10.7 Å². The molecule has 2 aromatic carbocycles. The summed E-state index contributed by atoms with van der Waals surface area (Å²) in [6.07, 6.45) is 2.80. The van der Waals surface area contributed by atoms with Crippen LogP contribution in [0.25, 0.3) is 17.4 Å². The molecule has 1 aromatic heterocycles. The molecule has 0 N–H and O–H groups in total. The Kier molecular flexibility index (Phi) is 5.21. The second-order valence-corrected chi connectivity index (χ2v) is 6.15. The number of allylic oxidation sites excluding steroid dienone is 1. The number of nitro groups is 1. The molecule has 3 aromatic rings. The standard InChI is InChI=1S/C19H11Cl2NO4/c20-16-7-4-13(11-17(16)21)19-9-6-15(26-19)5-8-18(23)12-2-1-3-14(10-12)22(24)25/h1-11H/b8-5+. The molecule has 0 aliphatic heterocycles. The second-order valence-electron chi connectivity index (χ2n) is 5.34. The van der Waals surface area contributed by atoms with Gasteiger partial charge in [-0.25, -0.2) is 0 Å². The third-order valence-electron chi connectivity index (χ3n) is 3.57. The lowest BCUT2D eigenvalue weighted by molar-refractivity contribution is -0.384. The average molecular weight is 388 g/mol. The van der Waals surface area contributed by atoms with Crippen molar-refractivity contribution < 1.29 is 14.1 Å². The number of benzene rings is 2. The van der Waals surface area contributed by atoms with Gasteiger partial charge in [0.05, 0.1) is 15.0 Å². The van der Waals surface area contributed by atoms with Gasteiger partial charge in [0.25, 0.3) is 5.69 Å². The molecule has 0 fully saturated rings. The Labute approximate surface area is 158 Å². The molecular weight excluding hydrogens is 377 g/mol. The molecule has 130 valence electrons. The molecule has 0 amide bonds. The summed E-state index contributed by atoms with van der Waals surface area (Å²) in [7, 11) is 0. The fourth-order valence-corrected chi connectivity index (χ4v) is 2.57. The molecule has 0 spiro atoms. The number of halogens is 2. The van der Waals surface area contributed by atoms with E-state index in [-0.39, 0.29) is 17.0 Å². The molecule has 5 nitrogen and oxygen atoms in total. The lowest BCUT2D eigenvalue weighted by Crippen LogP contribution is -1.96. The number of hydrogen-bond acceptors (Lipinski definition) is 4. The maximum Gasteiger partial charge on any atom is 0.270 e. The predicted octanol–water partition coefficient (Wildman–Crippen LogP) is 6.06. The molecule has 0 aliphatic rings. The first-order chi connectivity index (χ1) is 12.4. The number of hydrogen-bond donors (Lipinski definition) is 0. The Balaban J connectivity index is 1.78. The van der Waals surface area contributed by atoms with Crippen molar-refractivity contribution in [2.45, 2.75) is 0 Å². The van der Waals surface area contributed by atoms with Gasteiger partial charge in [-0.05, 0) is 42.5 Å². The van der Waals surface area contributed by atoms with Gasteiger partial charge in [-0.1, -0.05) is 35.3 Å². The van der Waals surface area contributed by atoms with Crippen molar-refractivity contribution in [2.75, 3.05) is 0 Å². The van der Waals surface area contributed by atoms with Crippen molar-refractivity contribution in [3.05, 3.63) is 92.2 Å². The molecule has 0 unspecified atom stereocenters. The number of furan rings is 1. The number of nitro benzene ring substituents is 1. The van der Waals surface area contributed by atoms with Crippen LogP contribution in [0.4, 0.5) is 5.69 Å². The van der Waals surface area contributed by atoms with Crippen molar-refractivity contribution in [1.29, 1.82) is 0 Å². The second kappa shape index (κ2) is 7.56. The Morgan fingerprint density at radius 3 is 2.58 bits per heavy atom. The minimum absolute atomic E-state index is 0.135. The summed E-state index contributed by atoms with van der Waals surface area (Å²) in [5, 5.41) is 11.6. The zero-order valence-corrected chi connectivity index (χ0v) is 14.7. The first kappa shape index (κ1) is 17.9. The summed E-state index contributed by atoms with van der Waals surface area (Å²) in [5.41, 5.74) is 0.847. The number of nitrogens with zero attached hydrogens (tertiary/aromatic N) is 1. The molecule has 1 heterocycles. The highest BCUT2D eigenvalue weighted by Crippen LogP contribution is 2.29. The van der Waals surface area contributed by atoms with E-state index in [1.165, 1.54) is 36.4 Å². The molecule has 0 saturated heterocycles. The van der Waals surface area contributed by atoms with Gasteiger partial charge >= 0.3 is 0 Å². The third kappa shape index (κ3) is 4.02. The highest BCUT2D eigenvalue weighted by molar-refractivity contribution is 6.42. The average Bonchev–Trinajstić information content (AvgIpc) is 3.11. The van der Waals surface area contributed by atoms with Crippen LogP contribution in [-0.2, 0) is 0 Å². The topological polar surface area (TPSA) is 73.3 Å². The third-order valence-corrected chi connectivity index (χ3v) is 4.31. The molecule has 26 heavy (non-hydrogen) atoms. The number of carbonyl (C=O) groups is 1. The van der Waals surface area contributed by atoms with E-state index in [1.807, 2.05) is 0 Å². The Hall–Kier alpha value is -2.89. The van der Waals surface area contributed by atoms with E-state index in [1.54, 1.807) is 30.3 Å². The van der Waals surface area contributed by atoms with Crippen LogP contribution in [0.2, 0.25) is 10.0 Å². The minimum atomic E-state index is -0.545. The maximum atomic E-state index is 12.2. The first-order valence-corrected chi connectivity index (χ1v) is 8.22. The van der Waals surface area contributed by atoms with Gasteiger partial charge in [0.2, 0.25) is 0 Å². The number of ketones is 1. The van der Waals surface area contributed by atoms with Gasteiger partial charge in [0, 0.05) is 23.3 Å². The maximum absolute atomic E-state index is 12.2. The van der Waals surface area contributed by atoms with Crippen LogP contribution in [0.15, 0.2) is 65.1 Å². The fourth-order valence-electron chi connectivity index (χ4n) is 2.27. The fraction of sp³-hybridized carbons (Fsp3) is 0. The van der Waals surface area contributed by atoms with Crippen molar-refractivity contribution in [3.8, 4) is 11.3 Å². The summed E-state index contributed by atoms with van der Waals surface area (Å²) >= 11 is 11.9. The Morgan fingerprint density at radius 2 is 1.85 bits per heavy atom. The van der Waals surface area contributed by atoms with Gasteiger partial charge < -0.3 is 4.42 Å².